The van der Waals surface area contributed by atoms with E-state index < -0.39 is 0 Å². The summed E-state index contributed by atoms with van der Waals surface area (Å²) >= 11 is 0. The first-order valence-corrected chi connectivity index (χ1v) is 10.4. The van der Waals surface area contributed by atoms with Crippen molar-refractivity contribution in [3.63, 3.8) is 0 Å². The number of hydrogen-bond donors (Lipinski definition) is 1. The third-order valence-corrected chi connectivity index (χ3v) is 5.49. The number of amides is 2. The lowest BCUT2D eigenvalue weighted by atomic mass is 10.1. The van der Waals surface area contributed by atoms with Crippen LogP contribution in [-0.2, 0) is 17.9 Å². The molecule has 0 saturated heterocycles. The van der Waals surface area contributed by atoms with Gasteiger partial charge in [-0.25, -0.2) is 4.68 Å². The maximum atomic E-state index is 12.7. The molecule has 3 aromatic rings. The summed E-state index contributed by atoms with van der Waals surface area (Å²) < 4.78 is 1.90. The second kappa shape index (κ2) is 8.53. The van der Waals surface area contributed by atoms with Gasteiger partial charge in [0.1, 0.15) is 5.82 Å². The van der Waals surface area contributed by atoms with Crippen LogP contribution in [0.3, 0.4) is 0 Å². The van der Waals surface area contributed by atoms with Crippen LogP contribution >= 0.6 is 0 Å². The van der Waals surface area contributed by atoms with Crippen molar-refractivity contribution in [1.29, 1.82) is 0 Å². The summed E-state index contributed by atoms with van der Waals surface area (Å²) in [4.78, 5) is 26.7. The van der Waals surface area contributed by atoms with Crippen LogP contribution < -0.4 is 10.2 Å². The Morgan fingerprint density at radius 2 is 1.87 bits per heavy atom. The molecule has 0 spiro atoms. The molecule has 154 valence electrons. The highest BCUT2D eigenvalue weighted by Crippen LogP contribution is 2.29. The average Bonchev–Trinajstić information content (AvgIpc) is 3.21. The Balaban J connectivity index is 1.53. The molecule has 2 heterocycles. The van der Waals surface area contributed by atoms with E-state index in [1.807, 2.05) is 79.2 Å². The van der Waals surface area contributed by atoms with Crippen molar-refractivity contribution >= 4 is 17.6 Å². The summed E-state index contributed by atoms with van der Waals surface area (Å²) in [7, 11) is 0. The molecule has 0 aliphatic carbocycles. The highest BCUT2D eigenvalue weighted by atomic mass is 16.2. The smallest absolute Gasteiger partial charge is 0.251 e. The van der Waals surface area contributed by atoms with Crippen LogP contribution in [0.4, 0.5) is 5.82 Å². The molecular weight excluding hydrogens is 376 g/mol. The number of aromatic nitrogens is 2. The molecule has 1 atom stereocenters. The number of rotatable bonds is 6. The van der Waals surface area contributed by atoms with Crippen LogP contribution in [0.15, 0.2) is 60.7 Å². The zero-order valence-electron chi connectivity index (χ0n) is 17.3. The van der Waals surface area contributed by atoms with E-state index in [9.17, 15) is 9.59 Å². The molecule has 2 amide bonds. The van der Waals surface area contributed by atoms with E-state index in [-0.39, 0.29) is 17.9 Å². The van der Waals surface area contributed by atoms with Gasteiger partial charge in [-0.2, -0.15) is 5.10 Å². The van der Waals surface area contributed by atoms with Gasteiger partial charge in [-0.3, -0.25) is 14.5 Å². The summed E-state index contributed by atoms with van der Waals surface area (Å²) in [5.41, 5.74) is 3.49. The van der Waals surface area contributed by atoms with Crippen LogP contribution in [0.2, 0.25) is 0 Å². The minimum Gasteiger partial charge on any atom is -0.350 e. The van der Waals surface area contributed by atoms with Gasteiger partial charge in [0.15, 0.2) is 0 Å². The largest absolute Gasteiger partial charge is 0.350 e. The van der Waals surface area contributed by atoms with Gasteiger partial charge in [0.05, 0.1) is 18.8 Å². The van der Waals surface area contributed by atoms with E-state index >= 15 is 0 Å². The molecule has 1 aromatic heterocycles. The van der Waals surface area contributed by atoms with Crippen LogP contribution in [0, 0.1) is 0 Å². The second-order valence-corrected chi connectivity index (χ2v) is 7.69. The lowest BCUT2D eigenvalue weighted by Gasteiger charge is -2.27. The van der Waals surface area contributed by atoms with E-state index in [2.05, 4.69) is 5.32 Å². The number of fused-ring (bicyclic) bond motifs is 1. The molecule has 1 aliphatic rings. The van der Waals surface area contributed by atoms with Gasteiger partial charge in [-0.05, 0) is 31.0 Å². The molecule has 6 nitrogen and oxygen atoms in total. The fourth-order valence-corrected chi connectivity index (χ4v) is 3.53. The Bertz CT molecular complexity index is 1040. The number of hydrogen-bond acceptors (Lipinski definition) is 3. The Kier molecular flexibility index (Phi) is 5.65. The van der Waals surface area contributed by atoms with Gasteiger partial charge in [0.25, 0.3) is 5.91 Å². The SMILES string of the molecule is CC[C@H](C)NC(=O)c1ccc(CN2C(=O)CCn3nc(-c4ccccc4)cc32)cc1. The van der Waals surface area contributed by atoms with Gasteiger partial charge < -0.3 is 5.32 Å². The minimum absolute atomic E-state index is 0.0736. The lowest BCUT2D eigenvalue weighted by molar-refractivity contribution is -0.119. The van der Waals surface area contributed by atoms with Crippen LogP contribution in [-0.4, -0.2) is 27.6 Å². The molecular formula is C24H26N4O2. The van der Waals surface area contributed by atoms with Crippen molar-refractivity contribution in [2.24, 2.45) is 0 Å². The Labute approximate surface area is 176 Å². The zero-order chi connectivity index (χ0) is 21.1. The fraction of sp³-hybridized carbons (Fsp3) is 0.292. The molecule has 2 aromatic carbocycles. The number of aryl methyl sites for hydroxylation is 1. The number of anilines is 1. The van der Waals surface area contributed by atoms with Crippen LogP contribution in [0.1, 0.15) is 42.6 Å². The minimum atomic E-state index is -0.0736. The first kappa shape index (κ1) is 19.9. The molecule has 0 radical (unpaired) electrons. The molecule has 0 bridgehead atoms. The molecule has 0 saturated carbocycles. The number of nitrogens with one attached hydrogen (secondary N) is 1. The summed E-state index contributed by atoms with van der Waals surface area (Å²) in [6.07, 6.45) is 1.32. The third kappa shape index (κ3) is 4.13. The predicted octanol–water partition coefficient (Wildman–Crippen LogP) is 4.02. The molecule has 1 N–H and O–H groups in total. The van der Waals surface area contributed by atoms with E-state index in [0.717, 1.165) is 29.1 Å². The number of benzene rings is 2. The Morgan fingerprint density at radius 3 is 2.57 bits per heavy atom. The zero-order valence-corrected chi connectivity index (χ0v) is 17.3. The topological polar surface area (TPSA) is 67.2 Å². The monoisotopic (exact) mass is 402 g/mol. The van der Waals surface area contributed by atoms with Crippen molar-refractivity contribution in [2.45, 2.75) is 45.8 Å². The normalized spacial score (nSPS) is 14.3. The van der Waals surface area contributed by atoms with Crippen molar-refractivity contribution in [2.75, 3.05) is 4.90 Å². The molecule has 30 heavy (non-hydrogen) atoms. The molecule has 4 rings (SSSR count). The van der Waals surface area contributed by atoms with Crippen molar-refractivity contribution in [3.05, 3.63) is 71.8 Å². The average molecular weight is 402 g/mol. The Hall–Kier alpha value is -3.41. The second-order valence-electron chi connectivity index (χ2n) is 7.69. The summed E-state index contributed by atoms with van der Waals surface area (Å²) in [6, 6.07) is 19.5. The summed E-state index contributed by atoms with van der Waals surface area (Å²) in [5.74, 6) is 0.819. The highest BCUT2D eigenvalue weighted by Gasteiger charge is 2.26. The summed E-state index contributed by atoms with van der Waals surface area (Å²) in [6.45, 7) is 5.07. The number of nitrogens with zero attached hydrogens (tertiary/aromatic N) is 3. The third-order valence-electron chi connectivity index (χ3n) is 5.49. The van der Waals surface area contributed by atoms with Crippen molar-refractivity contribution < 1.29 is 9.59 Å². The van der Waals surface area contributed by atoms with Gasteiger partial charge in [-0.1, -0.05) is 49.4 Å². The first-order chi connectivity index (χ1) is 14.5. The van der Waals surface area contributed by atoms with Crippen molar-refractivity contribution in [3.8, 4) is 11.3 Å². The predicted molar refractivity (Wildman–Crippen MR) is 117 cm³/mol. The Morgan fingerprint density at radius 1 is 1.13 bits per heavy atom. The fourth-order valence-electron chi connectivity index (χ4n) is 3.53. The van der Waals surface area contributed by atoms with Gasteiger partial charge in [0.2, 0.25) is 5.91 Å². The van der Waals surface area contributed by atoms with E-state index in [4.69, 9.17) is 5.10 Å². The summed E-state index contributed by atoms with van der Waals surface area (Å²) in [5, 5.41) is 7.66. The van der Waals surface area contributed by atoms with Gasteiger partial charge in [-0.15, -0.1) is 0 Å². The van der Waals surface area contributed by atoms with Crippen molar-refractivity contribution in [1.82, 2.24) is 15.1 Å². The maximum Gasteiger partial charge on any atom is 0.251 e. The molecule has 6 heteroatoms. The highest BCUT2D eigenvalue weighted by molar-refractivity contribution is 5.95. The van der Waals surface area contributed by atoms with Crippen LogP contribution in [0.25, 0.3) is 11.3 Å². The standard InChI is InChI=1S/C24H26N4O2/c1-3-17(2)25-24(30)20-11-9-18(10-12-20)16-27-22-15-21(19-7-5-4-6-8-19)26-28(22)14-13-23(27)29/h4-12,15,17H,3,13-14,16H2,1-2H3,(H,25,30)/t17-/m0/s1. The lowest BCUT2D eigenvalue weighted by Crippen LogP contribution is -2.37. The first-order valence-electron chi connectivity index (χ1n) is 10.4. The molecule has 0 unspecified atom stereocenters. The van der Waals surface area contributed by atoms with Crippen LogP contribution in [0.5, 0.6) is 0 Å². The van der Waals surface area contributed by atoms with E-state index in [1.54, 1.807) is 4.90 Å². The molecule has 1 aliphatic heterocycles. The number of carbonyl (C=O) groups is 2. The number of carbonyl (C=O) groups excluding carboxylic acids is 2. The van der Waals surface area contributed by atoms with Gasteiger partial charge in [0, 0.05) is 29.7 Å². The quantitative estimate of drug-likeness (QED) is 0.677. The van der Waals surface area contributed by atoms with E-state index in [0.29, 0.717) is 25.1 Å². The maximum absolute atomic E-state index is 12.7. The van der Waals surface area contributed by atoms with E-state index in [1.165, 1.54) is 0 Å². The molecule has 0 fully saturated rings. The van der Waals surface area contributed by atoms with Gasteiger partial charge >= 0.3 is 0 Å².